The van der Waals surface area contributed by atoms with E-state index in [0.29, 0.717) is 5.75 Å². The molecule has 0 bridgehead atoms. The minimum absolute atomic E-state index is 0.146. The first-order chi connectivity index (χ1) is 14.5. The number of hydrogen-bond donors (Lipinski definition) is 1. The van der Waals surface area contributed by atoms with Gasteiger partial charge in [-0.15, -0.1) is 0 Å². The van der Waals surface area contributed by atoms with Gasteiger partial charge < -0.3 is 19.5 Å². The molecule has 0 aromatic heterocycles. The summed E-state index contributed by atoms with van der Waals surface area (Å²) in [6.45, 7) is 3.96. The Balaban J connectivity index is 2.07. The summed E-state index contributed by atoms with van der Waals surface area (Å²) in [4.78, 5) is 12.4. The molecule has 8 nitrogen and oxygen atoms in total. The van der Waals surface area contributed by atoms with Crippen molar-refractivity contribution in [2.75, 3.05) is 44.5 Å². The summed E-state index contributed by atoms with van der Waals surface area (Å²) in [5.74, 6) is 0.670. The van der Waals surface area contributed by atoms with Gasteiger partial charge in [-0.25, -0.2) is 8.42 Å². The number of benzene rings is 2. The Kier molecular flexibility index (Phi) is 8.41. The van der Waals surface area contributed by atoms with Gasteiger partial charge in [0, 0.05) is 12.1 Å². The van der Waals surface area contributed by atoms with Crippen LogP contribution < -0.4 is 23.8 Å². The molecule has 2 aromatic rings. The van der Waals surface area contributed by atoms with Gasteiger partial charge in [-0.05, 0) is 37.1 Å². The zero-order valence-corrected chi connectivity index (χ0v) is 19.8. The SMILES string of the molecule is COc1cc(N(CC(=O)NCCOc2cc(C)cc(C)c2)S(C)(=O)=O)c(OC)cc1Cl. The highest BCUT2D eigenvalue weighted by molar-refractivity contribution is 7.92. The van der Waals surface area contributed by atoms with Crippen molar-refractivity contribution in [3.8, 4) is 17.2 Å². The first kappa shape index (κ1) is 24.6. The van der Waals surface area contributed by atoms with Crippen molar-refractivity contribution < 1.29 is 27.4 Å². The number of rotatable bonds is 10. The lowest BCUT2D eigenvalue weighted by molar-refractivity contribution is -0.119. The zero-order valence-electron chi connectivity index (χ0n) is 18.2. The number of amides is 1. The maximum absolute atomic E-state index is 12.4. The molecule has 0 aliphatic carbocycles. The number of carbonyl (C=O) groups is 1. The molecule has 0 fully saturated rings. The molecule has 0 heterocycles. The van der Waals surface area contributed by atoms with E-state index in [2.05, 4.69) is 5.32 Å². The van der Waals surface area contributed by atoms with E-state index in [4.69, 9.17) is 25.8 Å². The molecule has 1 amide bonds. The van der Waals surface area contributed by atoms with Crippen molar-refractivity contribution in [1.82, 2.24) is 5.32 Å². The Morgan fingerprint density at radius 3 is 2.19 bits per heavy atom. The van der Waals surface area contributed by atoms with Crippen molar-refractivity contribution in [2.24, 2.45) is 0 Å². The summed E-state index contributed by atoms with van der Waals surface area (Å²) >= 11 is 6.09. The molecule has 31 heavy (non-hydrogen) atoms. The van der Waals surface area contributed by atoms with Crippen molar-refractivity contribution >= 4 is 33.2 Å². The number of aryl methyl sites for hydroxylation is 2. The largest absolute Gasteiger partial charge is 0.495 e. The first-order valence-corrected chi connectivity index (χ1v) is 11.6. The summed E-state index contributed by atoms with van der Waals surface area (Å²) in [6.07, 6.45) is 1.00. The molecule has 170 valence electrons. The van der Waals surface area contributed by atoms with E-state index in [1.807, 2.05) is 32.0 Å². The molecule has 1 N–H and O–H groups in total. The Morgan fingerprint density at radius 2 is 1.65 bits per heavy atom. The molecule has 0 unspecified atom stereocenters. The number of anilines is 1. The third-order valence-electron chi connectivity index (χ3n) is 4.30. The van der Waals surface area contributed by atoms with Crippen molar-refractivity contribution in [3.05, 3.63) is 46.5 Å². The Morgan fingerprint density at radius 1 is 1.03 bits per heavy atom. The maximum Gasteiger partial charge on any atom is 0.240 e. The van der Waals surface area contributed by atoms with Crippen LogP contribution in [0.3, 0.4) is 0 Å². The minimum Gasteiger partial charge on any atom is -0.495 e. The number of carbonyl (C=O) groups excluding carboxylic acids is 1. The maximum atomic E-state index is 12.4. The lowest BCUT2D eigenvalue weighted by atomic mass is 10.1. The molecule has 0 saturated heterocycles. The van der Waals surface area contributed by atoms with Crippen LogP contribution >= 0.6 is 11.6 Å². The molecule has 0 aliphatic heterocycles. The van der Waals surface area contributed by atoms with Gasteiger partial charge in [0.1, 0.15) is 30.4 Å². The minimum atomic E-state index is -3.80. The van der Waals surface area contributed by atoms with Gasteiger partial charge in [-0.3, -0.25) is 9.10 Å². The van der Waals surface area contributed by atoms with Gasteiger partial charge in [0.25, 0.3) is 0 Å². The van der Waals surface area contributed by atoms with Crippen LogP contribution in [0, 0.1) is 13.8 Å². The van der Waals surface area contributed by atoms with Crippen LogP contribution in [0.2, 0.25) is 5.02 Å². The van der Waals surface area contributed by atoms with Gasteiger partial charge in [-0.2, -0.15) is 0 Å². The molecule has 0 radical (unpaired) electrons. The van der Waals surface area contributed by atoms with E-state index in [1.165, 1.54) is 26.4 Å². The van der Waals surface area contributed by atoms with Crippen LogP contribution in [0.1, 0.15) is 11.1 Å². The van der Waals surface area contributed by atoms with Gasteiger partial charge >= 0.3 is 0 Å². The molecular formula is C21H27ClN2O6S. The average Bonchev–Trinajstić information content (AvgIpc) is 2.68. The van der Waals surface area contributed by atoms with Crippen molar-refractivity contribution in [1.29, 1.82) is 0 Å². The van der Waals surface area contributed by atoms with Crippen LogP contribution in [0.25, 0.3) is 0 Å². The molecule has 0 spiro atoms. The fourth-order valence-corrected chi connectivity index (χ4v) is 4.06. The van der Waals surface area contributed by atoms with E-state index in [9.17, 15) is 13.2 Å². The highest BCUT2D eigenvalue weighted by Gasteiger charge is 2.25. The number of ether oxygens (including phenoxy) is 3. The van der Waals surface area contributed by atoms with Crippen LogP contribution in [-0.4, -0.2) is 54.5 Å². The highest BCUT2D eigenvalue weighted by atomic mass is 35.5. The summed E-state index contributed by atoms with van der Waals surface area (Å²) in [7, 11) is -1.02. The van der Waals surface area contributed by atoms with Crippen LogP contribution in [0.4, 0.5) is 5.69 Å². The normalized spacial score (nSPS) is 11.0. The van der Waals surface area contributed by atoms with E-state index in [0.717, 1.165) is 21.7 Å². The quantitative estimate of drug-likeness (QED) is 0.536. The van der Waals surface area contributed by atoms with E-state index in [-0.39, 0.29) is 35.4 Å². The molecule has 10 heteroatoms. The predicted octanol–water partition coefficient (Wildman–Crippen LogP) is 2.94. The number of sulfonamides is 1. The van der Waals surface area contributed by atoms with Crippen LogP contribution in [0.5, 0.6) is 17.2 Å². The second kappa shape index (κ2) is 10.6. The molecule has 0 saturated carbocycles. The van der Waals surface area contributed by atoms with Gasteiger partial charge in [0.05, 0.1) is 37.7 Å². The van der Waals surface area contributed by atoms with E-state index < -0.39 is 22.5 Å². The third kappa shape index (κ3) is 6.93. The Hall–Kier alpha value is -2.65. The summed E-state index contributed by atoms with van der Waals surface area (Å²) in [6, 6.07) is 8.69. The standard InChI is InChI=1S/C21H27ClN2O6S/c1-14-8-15(2)10-16(9-14)30-7-6-23-21(25)13-24(31(5,26)27)18-12-19(28-3)17(22)11-20(18)29-4/h8-12H,6-7,13H2,1-5H3,(H,23,25). The van der Waals surface area contributed by atoms with Gasteiger partial charge in [-0.1, -0.05) is 17.7 Å². The molecule has 2 aromatic carbocycles. The average molecular weight is 471 g/mol. The lowest BCUT2D eigenvalue weighted by Gasteiger charge is -2.24. The smallest absolute Gasteiger partial charge is 0.240 e. The van der Waals surface area contributed by atoms with Crippen molar-refractivity contribution in [2.45, 2.75) is 13.8 Å². The number of nitrogens with one attached hydrogen (secondary N) is 1. The fraction of sp³-hybridized carbons (Fsp3) is 0.381. The second-order valence-corrected chi connectivity index (χ2v) is 9.26. The molecule has 2 rings (SSSR count). The van der Waals surface area contributed by atoms with Crippen LogP contribution in [-0.2, 0) is 14.8 Å². The summed E-state index contributed by atoms with van der Waals surface area (Å²) in [5.41, 5.74) is 2.30. The molecule has 0 atom stereocenters. The number of nitrogens with zero attached hydrogens (tertiary/aromatic N) is 1. The molecule has 0 aliphatic rings. The van der Waals surface area contributed by atoms with Gasteiger partial charge in [0.15, 0.2) is 0 Å². The zero-order chi connectivity index (χ0) is 23.2. The van der Waals surface area contributed by atoms with Crippen molar-refractivity contribution in [3.63, 3.8) is 0 Å². The number of hydrogen-bond acceptors (Lipinski definition) is 6. The van der Waals surface area contributed by atoms with E-state index in [1.54, 1.807) is 0 Å². The predicted molar refractivity (Wildman–Crippen MR) is 121 cm³/mol. The first-order valence-electron chi connectivity index (χ1n) is 9.42. The van der Waals surface area contributed by atoms with E-state index >= 15 is 0 Å². The lowest BCUT2D eigenvalue weighted by Crippen LogP contribution is -2.41. The molecular weight excluding hydrogens is 444 g/mol. The third-order valence-corrected chi connectivity index (χ3v) is 5.72. The number of methoxy groups -OCH3 is 2. The van der Waals surface area contributed by atoms with Crippen LogP contribution in [0.15, 0.2) is 30.3 Å². The second-order valence-electron chi connectivity index (χ2n) is 6.95. The highest BCUT2D eigenvalue weighted by Crippen LogP contribution is 2.38. The summed E-state index contributed by atoms with van der Waals surface area (Å²) < 4.78 is 41.8. The topological polar surface area (TPSA) is 94.2 Å². The monoisotopic (exact) mass is 470 g/mol. The number of halogens is 1. The fourth-order valence-electron chi connectivity index (χ4n) is 2.98. The van der Waals surface area contributed by atoms with Gasteiger partial charge in [0.2, 0.25) is 15.9 Å². The Bertz CT molecular complexity index is 1020. The Labute approximate surface area is 188 Å². The summed E-state index contributed by atoms with van der Waals surface area (Å²) in [5, 5.41) is 2.92.